The molecule has 17 heavy (non-hydrogen) atoms. The molecule has 0 aromatic carbocycles. The molecule has 0 atom stereocenters. The Bertz CT molecular complexity index is 370. The summed E-state index contributed by atoms with van der Waals surface area (Å²) in [5.74, 6) is 0.0510. The molecule has 1 aliphatic rings. The standard InChI is InChI=1S/C10H15FN4.2ClH/c11-7-5-15-10(13)9(12)8(7)6-1-3-14-4-2-6;;/h5-6,14H,1-4,12H2,(H2,13,15);2*1H. The number of rotatable bonds is 1. The minimum absolute atomic E-state index is 0. The molecule has 0 bridgehead atoms. The number of hydrogen-bond donors (Lipinski definition) is 3. The van der Waals surface area contributed by atoms with E-state index >= 15 is 0 Å². The lowest BCUT2D eigenvalue weighted by Gasteiger charge is -2.24. The van der Waals surface area contributed by atoms with Crippen LogP contribution >= 0.6 is 24.8 Å². The van der Waals surface area contributed by atoms with Crippen LogP contribution in [0.4, 0.5) is 15.9 Å². The molecule has 4 nitrogen and oxygen atoms in total. The Morgan fingerprint density at radius 3 is 2.41 bits per heavy atom. The minimum Gasteiger partial charge on any atom is -0.395 e. The summed E-state index contributed by atoms with van der Waals surface area (Å²) in [6.45, 7) is 1.79. The molecule has 0 spiro atoms. The van der Waals surface area contributed by atoms with Crippen LogP contribution in [0.5, 0.6) is 0 Å². The maximum atomic E-state index is 13.6. The second-order valence-corrected chi connectivity index (χ2v) is 3.84. The number of halogens is 3. The second-order valence-electron chi connectivity index (χ2n) is 3.84. The predicted octanol–water partition coefficient (Wildman–Crippen LogP) is 1.70. The largest absolute Gasteiger partial charge is 0.395 e. The summed E-state index contributed by atoms with van der Waals surface area (Å²) in [7, 11) is 0. The van der Waals surface area contributed by atoms with E-state index in [1.807, 2.05) is 0 Å². The van der Waals surface area contributed by atoms with Crippen LogP contribution in [0, 0.1) is 5.82 Å². The van der Waals surface area contributed by atoms with Crippen LogP contribution in [0.2, 0.25) is 0 Å². The summed E-state index contributed by atoms with van der Waals surface area (Å²) in [4.78, 5) is 3.70. The van der Waals surface area contributed by atoms with E-state index in [-0.39, 0.29) is 42.4 Å². The highest BCUT2D eigenvalue weighted by atomic mass is 35.5. The van der Waals surface area contributed by atoms with Crippen molar-refractivity contribution in [1.82, 2.24) is 10.3 Å². The Kier molecular flexibility index (Phi) is 6.52. The van der Waals surface area contributed by atoms with Crippen LogP contribution < -0.4 is 16.8 Å². The van der Waals surface area contributed by atoms with Gasteiger partial charge >= 0.3 is 0 Å². The molecule has 1 fully saturated rings. The molecule has 1 saturated heterocycles. The zero-order valence-electron chi connectivity index (χ0n) is 9.28. The number of nitrogens with zero attached hydrogens (tertiary/aromatic N) is 1. The second kappa shape index (κ2) is 6.83. The average molecular weight is 283 g/mol. The van der Waals surface area contributed by atoms with Gasteiger partial charge < -0.3 is 16.8 Å². The van der Waals surface area contributed by atoms with Crippen molar-refractivity contribution in [2.75, 3.05) is 24.6 Å². The molecular weight excluding hydrogens is 266 g/mol. The Hall–Kier alpha value is -0.780. The van der Waals surface area contributed by atoms with Crippen molar-refractivity contribution in [2.45, 2.75) is 18.8 Å². The third-order valence-corrected chi connectivity index (χ3v) is 2.89. The number of nitrogens with two attached hydrogens (primary N) is 2. The first kappa shape index (κ1) is 16.2. The van der Waals surface area contributed by atoms with E-state index in [9.17, 15) is 4.39 Å². The van der Waals surface area contributed by atoms with Crippen LogP contribution in [0.3, 0.4) is 0 Å². The van der Waals surface area contributed by atoms with Gasteiger partial charge in [-0.1, -0.05) is 0 Å². The number of aromatic nitrogens is 1. The molecule has 0 saturated carbocycles. The number of pyridine rings is 1. The third-order valence-electron chi connectivity index (χ3n) is 2.89. The van der Waals surface area contributed by atoms with Crippen molar-refractivity contribution < 1.29 is 4.39 Å². The van der Waals surface area contributed by atoms with Crippen LogP contribution in [0.15, 0.2) is 6.20 Å². The fourth-order valence-corrected chi connectivity index (χ4v) is 2.06. The summed E-state index contributed by atoms with van der Waals surface area (Å²) < 4.78 is 13.6. The summed E-state index contributed by atoms with van der Waals surface area (Å²) >= 11 is 0. The van der Waals surface area contributed by atoms with Crippen LogP contribution in [0.1, 0.15) is 24.3 Å². The van der Waals surface area contributed by atoms with Gasteiger partial charge in [-0.15, -0.1) is 24.8 Å². The van der Waals surface area contributed by atoms with E-state index in [1.54, 1.807) is 0 Å². The SMILES string of the molecule is Cl.Cl.Nc1ncc(F)c(C2CCNCC2)c1N. The van der Waals surface area contributed by atoms with E-state index < -0.39 is 0 Å². The molecule has 5 N–H and O–H groups in total. The Labute approximate surface area is 112 Å². The van der Waals surface area contributed by atoms with E-state index in [1.165, 1.54) is 0 Å². The molecular formula is C10H17Cl2FN4. The number of hydrogen-bond acceptors (Lipinski definition) is 4. The van der Waals surface area contributed by atoms with Gasteiger partial charge in [0.25, 0.3) is 0 Å². The van der Waals surface area contributed by atoms with Crippen LogP contribution in [-0.2, 0) is 0 Å². The first-order chi connectivity index (χ1) is 7.20. The van der Waals surface area contributed by atoms with Crippen molar-refractivity contribution in [3.05, 3.63) is 17.6 Å². The molecule has 1 aromatic rings. The van der Waals surface area contributed by atoms with Crippen LogP contribution in [0.25, 0.3) is 0 Å². The molecule has 2 rings (SSSR count). The van der Waals surface area contributed by atoms with Crippen LogP contribution in [-0.4, -0.2) is 18.1 Å². The van der Waals surface area contributed by atoms with Gasteiger partial charge in [0.2, 0.25) is 0 Å². The van der Waals surface area contributed by atoms with Gasteiger partial charge in [0.1, 0.15) is 11.6 Å². The zero-order valence-corrected chi connectivity index (χ0v) is 10.9. The van der Waals surface area contributed by atoms with Crippen molar-refractivity contribution in [2.24, 2.45) is 0 Å². The summed E-state index contributed by atoms with van der Waals surface area (Å²) in [5.41, 5.74) is 12.2. The maximum absolute atomic E-state index is 13.6. The fraction of sp³-hybridized carbons (Fsp3) is 0.500. The van der Waals surface area contributed by atoms with Gasteiger partial charge in [-0.3, -0.25) is 0 Å². The van der Waals surface area contributed by atoms with Crippen molar-refractivity contribution in [3.8, 4) is 0 Å². The van der Waals surface area contributed by atoms with Gasteiger partial charge in [0.15, 0.2) is 0 Å². The van der Waals surface area contributed by atoms with Gasteiger partial charge in [-0.25, -0.2) is 9.37 Å². The highest BCUT2D eigenvalue weighted by Crippen LogP contribution is 2.33. The lowest BCUT2D eigenvalue weighted by Crippen LogP contribution is -2.27. The predicted molar refractivity (Wildman–Crippen MR) is 72.4 cm³/mol. The maximum Gasteiger partial charge on any atom is 0.147 e. The molecule has 98 valence electrons. The summed E-state index contributed by atoms with van der Waals surface area (Å²) in [6, 6.07) is 0. The summed E-state index contributed by atoms with van der Waals surface area (Å²) in [5, 5.41) is 3.23. The van der Waals surface area contributed by atoms with E-state index in [4.69, 9.17) is 11.5 Å². The van der Waals surface area contributed by atoms with Gasteiger partial charge in [0.05, 0.1) is 11.9 Å². The molecule has 0 radical (unpaired) electrons. The van der Waals surface area contributed by atoms with E-state index in [0.29, 0.717) is 11.3 Å². The first-order valence-electron chi connectivity index (χ1n) is 5.10. The van der Waals surface area contributed by atoms with E-state index in [2.05, 4.69) is 10.3 Å². The van der Waals surface area contributed by atoms with Gasteiger partial charge in [-0.2, -0.15) is 0 Å². The topological polar surface area (TPSA) is 77.0 Å². The monoisotopic (exact) mass is 282 g/mol. The third kappa shape index (κ3) is 3.34. The number of anilines is 2. The minimum atomic E-state index is -0.339. The fourth-order valence-electron chi connectivity index (χ4n) is 2.06. The lowest BCUT2D eigenvalue weighted by atomic mass is 9.89. The van der Waals surface area contributed by atoms with E-state index in [0.717, 1.165) is 32.1 Å². The molecule has 7 heteroatoms. The van der Waals surface area contributed by atoms with Crippen molar-refractivity contribution in [1.29, 1.82) is 0 Å². The highest BCUT2D eigenvalue weighted by molar-refractivity contribution is 5.85. The molecule has 0 unspecified atom stereocenters. The number of nitrogens with one attached hydrogen (secondary N) is 1. The smallest absolute Gasteiger partial charge is 0.147 e. The average Bonchev–Trinajstić information content (AvgIpc) is 2.26. The summed E-state index contributed by atoms with van der Waals surface area (Å²) in [6.07, 6.45) is 2.94. The normalized spacial score (nSPS) is 15.8. The van der Waals surface area contributed by atoms with Gasteiger partial charge in [0, 0.05) is 5.56 Å². The first-order valence-corrected chi connectivity index (χ1v) is 5.10. The lowest BCUT2D eigenvalue weighted by molar-refractivity contribution is 0.445. The van der Waals surface area contributed by atoms with Gasteiger partial charge in [-0.05, 0) is 31.8 Å². The quantitative estimate of drug-likeness (QED) is 0.733. The molecule has 0 aliphatic carbocycles. The Morgan fingerprint density at radius 1 is 1.24 bits per heavy atom. The van der Waals surface area contributed by atoms with Crippen molar-refractivity contribution >= 4 is 36.3 Å². The van der Waals surface area contributed by atoms with Crippen molar-refractivity contribution in [3.63, 3.8) is 0 Å². The number of piperidine rings is 1. The molecule has 2 heterocycles. The zero-order chi connectivity index (χ0) is 10.8. The molecule has 0 amide bonds. The Morgan fingerprint density at radius 2 is 1.82 bits per heavy atom. The molecule has 1 aliphatic heterocycles. The number of nitrogen functional groups attached to an aromatic ring is 2. The highest BCUT2D eigenvalue weighted by Gasteiger charge is 2.22. The molecule has 1 aromatic heterocycles. The Balaban J connectivity index is 0.00000128.